The standard InChI is InChI=1S/C14H20O4/c1-5-18-13(16)12(15)10-7-6-8-11(9-10)14(2,3)17-4/h6-9,12,15H,5H2,1-4H3. The Bertz CT molecular complexity index is 412. The molecular formula is C14H20O4. The van der Waals surface area contributed by atoms with Crippen LogP contribution in [0, 0.1) is 0 Å². The molecule has 1 rings (SSSR count). The second-order valence-corrected chi connectivity index (χ2v) is 4.49. The summed E-state index contributed by atoms with van der Waals surface area (Å²) in [6.07, 6.45) is -1.25. The van der Waals surface area contributed by atoms with Crippen LogP contribution in [0.25, 0.3) is 0 Å². The molecule has 1 unspecified atom stereocenters. The van der Waals surface area contributed by atoms with Gasteiger partial charge < -0.3 is 14.6 Å². The Balaban J connectivity index is 2.98. The highest BCUT2D eigenvalue weighted by Gasteiger charge is 2.23. The zero-order valence-electron chi connectivity index (χ0n) is 11.3. The maximum atomic E-state index is 11.5. The van der Waals surface area contributed by atoms with Gasteiger partial charge in [-0.15, -0.1) is 0 Å². The van der Waals surface area contributed by atoms with Gasteiger partial charge in [0.25, 0.3) is 0 Å². The summed E-state index contributed by atoms with van der Waals surface area (Å²) in [7, 11) is 1.62. The monoisotopic (exact) mass is 252 g/mol. The van der Waals surface area contributed by atoms with Crippen LogP contribution in [0.5, 0.6) is 0 Å². The number of methoxy groups -OCH3 is 1. The van der Waals surface area contributed by atoms with Crippen LogP contribution in [0.4, 0.5) is 0 Å². The molecule has 0 heterocycles. The topological polar surface area (TPSA) is 55.8 Å². The number of benzene rings is 1. The summed E-state index contributed by atoms with van der Waals surface area (Å²) in [4.78, 5) is 11.5. The van der Waals surface area contributed by atoms with Gasteiger partial charge in [0.05, 0.1) is 12.2 Å². The van der Waals surface area contributed by atoms with E-state index >= 15 is 0 Å². The molecule has 0 fully saturated rings. The summed E-state index contributed by atoms with van der Waals surface area (Å²) in [5, 5.41) is 9.87. The fourth-order valence-corrected chi connectivity index (χ4v) is 1.56. The smallest absolute Gasteiger partial charge is 0.339 e. The molecule has 100 valence electrons. The summed E-state index contributed by atoms with van der Waals surface area (Å²) in [6, 6.07) is 7.13. The van der Waals surface area contributed by atoms with Crippen molar-refractivity contribution in [1.29, 1.82) is 0 Å². The second kappa shape index (κ2) is 5.98. The van der Waals surface area contributed by atoms with Crippen LogP contribution < -0.4 is 0 Å². The van der Waals surface area contributed by atoms with E-state index in [0.717, 1.165) is 5.56 Å². The van der Waals surface area contributed by atoms with E-state index in [2.05, 4.69) is 0 Å². The van der Waals surface area contributed by atoms with Crippen molar-refractivity contribution < 1.29 is 19.4 Å². The third-order valence-corrected chi connectivity index (χ3v) is 2.92. The maximum Gasteiger partial charge on any atom is 0.339 e. The summed E-state index contributed by atoms with van der Waals surface area (Å²) in [5.41, 5.74) is 0.937. The number of aliphatic hydroxyl groups is 1. The van der Waals surface area contributed by atoms with Gasteiger partial charge in [-0.3, -0.25) is 0 Å². The maximum absolute atomic E-state index is 11.5. The normalized spacial score (nSPS) is 13.2. The van der Waals surface area contributed by atoms with E-state index in [1.54, 1.807) is 32.2 Å². The molecule has 1 atom stereocenters. The number of aliphatic hydroxyl groups excluding tert-OH is 1. The minimum atomic E-state index is -1.25. The first-order valence-electron chi connectivity index (χ1n) is 5.92. The molecule has 0 radical (unpaired) electrons. The Labute approximate surface area is 108 Å². The fraction of sp³-hybridized carbons (Fsp3) is 0.500. The van der Waals surface area contributed by atoms with E-state index < -0.39 is 17.7 Å². The number of rotatable bonds is 5. The van der Waals surface area contributed by atoms with Gasteiger partial charge in [0, 0.05) is 7.11 Å². The number of ether oxygens (including phenoxy) is 2. The number of esters is 1. The van der Waals surface area contributed by atoms with E-state index in [9.17, 15) is 9.90 Å². The van der Waals surface area contributed by atoms with Crippen LogP contribution >= 0.6 is 0 Å². The number of hydrogen-bond donors (Lipinski definition) is 1. The Hall–Kier alpha value is -1.39. The van der Waals surface area contributed by atoms with Crippen LogP contribution in [0.15, 0.2) is 24.3 Å². The van der Waals surface area contributed by atoms with Gasteiger partial charge in [-0.1, -0.05) is 18.2 Å². The molecule has 0 bridgehead atoms. The van der Waals surface area contributed by atoms with E-state index in [1.807, 2.05) is 19.9 Å². The first-order valence-corrected chi connectivity index (χ1v) is 5.92. The molecular weight excluding hydrogens is 232 g/mol. The third kappa shape index (κ3) is 3.31. The Morgan fingerprint density at radius 1 is 1.44 bits per heavy atom. The van der Waals surface area contributed by atoms with Gasteiger partial charge >= 0.3 is 5.97 Å². The van der Waals surface area contributed by atoms with Gasteiger partial charge in [-0.05, 0) is 38.0 Å². The van der Waals surface area contributed by atoms with Crippen LogP contribution in [0.3, 0.4) is 0 Å². The van der Waals surface area contributed by atoms with Crippen molar-refractivity contribution in [3.63, 3.8) is 0 Å². The molecule has 4 nitrogen and oxygen atoms in total. The Morgan fingerprint density at radius 3 is 2.67 bits per heavy atom. The average molecular weight is 252 g/mol. The van der Waals surface area contributed by atoms with Crippen molar-refractivity contribution in [3.8, 4) is 0 Å². The first kappa shape index (κ1) is 14.7. The van der Waals surface area contributed by atoms with Crippen molar-refractivity contribution in [2.45, 2.75) is 32.5 Å². The molecule has 1 aromatic rings. The van der Waals surface area contributed by atoms with Gasteiger partial charge in [0.1, 0.15) is 0 Å². The lowest BCUT2D eigenvalue weighted by molar-refractivity contribution is -0.153. The van der Waals surface area contributed by atoms with E-state index in [0.29, 0.717) is 5.56 Å². The van der Waals surface area contributed by atoms with Crippen molar-refractivity contribution in [2.75, 3.05) is 13.7 Å². The highest BCUT2D eigenvalue weighted by molar-refractivity contribution is 5.76. The summed E-state index contributed by atoms with van der Waals surface area (Å²) in [6.45, 7) is 5.79. The molecule has 0 saturated heterocycles. The predicted octanol–water partition coefficient (Wildman–Crippen LogP) is 2.16. The van der Waals surface area contributed by atoms with E-state index in [4.69, 9.17) is 9.47 Å². The molecule has 0 spiro atoms. The zero-order valence-corrected chi connectivity index (χ0v) is 11.3. The van der Waals surface area contributed by atoms with Gasteiger partial charge in [0.2, 0.25) is 0 Å². The highest BCUT2D eigenvalue weighted by atomic mass is 16.5. The summed E-state index contributed by atoms with van der Waals surface area (Å²) >= 11 is 0. The molecule has 4 heteroatoms. The van der Waals surface area contributed by atoms with Gasteiger partial charge in [-0.25, -0.2) is 4.79 Å². The molecule has 0 aliphatic rings. The lowest BCUT2D eigenvalue weighted by atomic mass is 9.95. The minimum Gasteiger partial charge on any atom is -0.464 e. The minimum absolute atomic E-state index is 0.249. The van der Waals surface area contributed by atoms with Crippen LogP contribution in [-0.2, 0) is 19.9 Å². The van der Waals surface area contributed by atoms with Crippen LogP contribution in [-0.4, -0.2) is 24.8 Å². The highest BCUT2D eigenvalue weighted by Crippen LogP contribution is 2.26. The van der Waals surface area contributed by atoms with Crippen molar-refractivity contribution >= 4 is 5.97 Å². The zero-order chi connectivity index (χ0) is 13.8. The van der Waals surface area contributed by atoms with E-state index in [-0.39, 0.29) is 6.61 Å². The molecule has 0 amide bonds. The molecule has 0 aliphatic carbocycles. The summed E-state index contributed by atoms with van der Waals surface area (Å²) in [5.74, 6) is -0.634. The van der Waals surface area contributed by atoms with Crippen molar-refractivity contribution in [3.05, 3.63) is 35.4 Å². The van der Waals surface area contributed by atoms with Gasteiger partial charge in [0.15, 0.2) is 6.10 Å². The second-order valence-electron chi connectivity index (χ2n) is 4.49. The molecule has 18 heavy (non-hydrogen) atoms. The number of carbonyl (C=O) groups is 1. The first-order chi connectivity index (χ1) is 8.42. The Kier molecular flexibility index (Phi) is 4.87. The molecule has 0 saturated carbocycles. The molecule has 1 aromatic carbocycles. The lowest BCUT2D eigenvalue weighted by Gasteiger charge is -2.24. The van der Waals surface area contributed by atoms with Gasteiger partial charge in [-0.2, -0.15) is 0 Å². The quantitative estimate of drug-likeness (QED) is 0.816. The molecule has 0 aliphatic heterocycles. The fourth-order valence-electron chi connectivity index (χ4n) is 1.56. The van der Waals surface area contributed by atoms with Crippen LogP contribution in [0.2, 0.25) is 0 Å². The molecule has 1 N–H and O–H groups in total. The van der Waals surface area contributed by atoms with E-state index in [1.165, 1.54) is 0 Å². The largest absolute Gasteiger partial charge is 0.464 e. The average Bonchev–Trinajstić information content (AvgIpc) is 2.38. The van der Waals surface area contributed by atoms with Crippen LogP contribution in [0.1, 0.15) is 38.0 Å². The van der Waals surface area contributed by atoms with Crippen molar-refractivity contribution in [1.82, 2.24) is 0 Å². The number of carbonyl (C=O) groups excluding carboxylic acids is 1. The predicted molar refractivity (Wildman–Crippen MR) is 68.1 cm³/mol. The third-order valence-electron chi connectivity index (χ3n) is 2.92. The molecule has 0 aromatic heterocycles. The number of hydrogen-bond acceptors (Lipinski definition) is 4. The van der Waals surface area contributed by atoms with Crippen molar-refractivity contribution in [2.24, 2.45) is 0 Å². The Morgan fingerprint density at radius 2 is 2.11 bits per heavy atom. The lowest BCUT2D eigenvalue weighted by Crippen LogP contribution is -2.21. The summed E-state index contributed by atoms with van der Waals surface area (Å²) < 4.78 is 10.2. The SMILES string of the molecule is CCOC(=O)C(O)c1cccc(C(C)(C)OC)c1.